The van der Waals surface area contributed by atoms with Gasteiger partial charge in [0.05, 0.1) is 6.42 Å². The van der Waals surface area contributed by atoms with Crippen molar-refractivity contribution >= 4 is 27.9 Å². The van der Waals surface area contributed by atoms with Crippen LogP contribution in [-0.2, 0) is 35.6 Å². The largest absolute Gasteiger partial charge is 0.457 e. The number of carbonyl (C=O) groups excluding carboxylic acids is 1. The molecule has 0 aliphatic carbocycles. The molecule has 1 N–H and O–H groups in total. The molecule has 0 aliphatic heterocycles. The highest BCUT2D eigenvalue weighted by Gasteiger charge is 2.19. The van der Waals surface area contributed by atoms with Crippen molar-refractivity contribution in [2.45, 2.75) is 59.2 Å². The smallest absolute Gasteiger partial charge is 0.330 e. The van der Waals surface area contributed by atoms with Gasteiger partial charge >= 0.3 is 11.7 Å². The van der Waals surface area contributed by atoms with Crippen molar-refractivity contribution in [1.82, 2.24) is 19.1 Å². The quantitative estimate of drug-likeness (QED) is 0.395. The molecule has 0 bridgehead atoms. The number of ether oxygens (including phenoxy) is 1. The Kier molecular flexibility index (Phi) is 6.72. The van der Waals surface area contributed by atoms with Crippen LogP contribution in [0.3, 0.4) is 0 Å². The summed E-state index contributed by atoms with van der Waals surface area (Å²) in [7, 11) is 0. The lowest BCUT2D eigenvalue weighted by Crippen LogP contribution is -2.31. The first-order chi connectivity index (χ1) is 16.0. The third-order valence-electron chi connectivity index (χ3n) is 5.67. The van der Waals surface area contributed by atoms with Gasteiger partial charge in [-0.25, -0.2) is 9.78 Å². The fourth-order valence-electron chi connectivity index (χ4n) is 4.03. The second-order valence-electron chi connectivity index (χ2n) is 8.14. The molecule has 4 aromatic rings. The number of carbonyl (C=O) groups is 1. The van der Waals surface area contributed by atoms with Crippen LogP contribution in [0.1, 0.15) is 44.5 Å². The van der Waals surface area contributed by atoms with Crippen LogP contribution in [0.5, 0.6) is 0 Å². The van der Waals surface area contributed by atoms with E-state index in [9.17, 15) is 14.4 Å². The van der Waals surface area contributed by atoms with Gasteiger partial charge in [0.15, 0.2) is 11.2 Å². The molecule has 4 rings (SSSR count). The maximum absolute atomic E-state index is 12.6. The summed E-state index contributed by atoms with van der Waals surface area (Å²) in [5, 5.41) is 2.18. The Hall–Kier alpha value is -3.68. The topological polar surface area (TPSA) is 99.0 Å². The second kappa shape index (κ2) is 9.85. The first-order valence-electron chi connectivity index (χ1n) is 11.4. The molecular weight excluding hydrogens is 420 g/mol. The summed E-state index contributed by atoms with van der Waals surface area (Å²) < 4.78 is 8.77. The van der Waals surface area contributed by atoms with Gasteiger partial charge in [0, 0.05) is 13.1 Å². The molecular formula is C25H28N4O4. The van der Waals surface area contributed by atoms with Gasteiger partial charge in [-0.2, -0.15) is 0 Å². The SMILES string of the molecule is CCCCn1c(=O)[nH]c(=O)c2c1nc(COC(=O)Cc1ccc3ccccc3c1)n2CCC. The molecule has 8 nitrogen and oxygen atoms in total. The Morgan fingerprint density at radius 3 is 2.55 bits per heavy atom. The maximum Gasteiger partial charge on any atom is 0.330 e. The van der Waals surface area contributed by atoms with Crippen molar-refractivity contribution in [2.24, 2.45) is 0 Å². The van der Waals surface area contributed by atoms with Gasteiger partial charge < -0.3 is 9.30 Å². The van der Waals surface area contributed by atoms with Crippen molar-refractivity contribution in [3.05, 3.63) is 74.7 Å². The number of aryl methyl sites for hydroxylation is 2. The van der Waals surface area contributed by atoms with Gasteiger partial charge in [-0.05, 0) is 29.2 Å². The monoisotopic (exact) mass is 448 g/mol. The number of rotatable bonds is 9. The zero-order valence-electron chi connectivity index (χ0n) is 19.0. The van der Waals surface area contributed by atoms with Crippen molar-refractivity contribution in [3.63, 3.8) is 0 Å². The number of hydrogen-bond acceptors (Lipinski definition) is 5. The van der Waals surface area contributed by atoms with Crippen LogP contribution >= 0.6 is 0 Å². The predicted octanol–water partition coefficient (Wildman–Crippen LogP) is 3.54. The highest BCUT2D eigenvalue weighted by atomic mass is 16.5. The molecule has 0 aliphatic rings. The molecule has 172 valence electrons. The number of hydrogen-bond donors (Lipinski definition) is 1. The lowest BCUT2D eigenvalue weighted by Gasteiger charge is -2.09. The molecule has 0 spiro atoms. The second-order valence-corrected chi connectivity index (χ2v) is 8.14. The lowest BCUT2D eigenvalue weighted by molar-refractivity contribution is -0.144. The van der Waals surface area contributed by atoms with Gasteiger partial charge in [-0.3, -0.25) is 19.1 Å². The fourth-order valence-corrected chi connectivity index (χ4v) is 4.03. The Balaban J connectivity index is 1.58. The highest BCUT2D eigenvalue weighted by Crippen LogP contribution is 2.17. The van der Waals surface area contributed by atoms with E-state index >= 15 is 0 Å². The Morgan fingerprint density at radius 2 is 1.79 bits per heavy atom. The average molecular weight is 449 g/mol. The number of nitrogens with zero attached hydrogens (tertiary/aromatic N) is 3. The minimum Gasteiger partial charge on any atom is -0.457 e. The molecule has 0 saturated carbocycles. The van der Waals surface area contributed by atoms with E-state index < -0.39 is 11.2 Å². The van der Waals surface area contributed by atoms with Crippen molar-refractivity contribution in [2.75, 3.05) is 0 Å². The average Bonchev–Trinajstić information content (AvgIpc) is 3.16. The fraction of sp³-hybridized carbons (Fsp3) is 0.360. The summed E-state index contributed by atoms with van der Waals surface area (Å²) in [6, 6.07) is 13.9. The van der Waals surface area contributed by atoms with E-state index in [2.05, 4.69) is 9.97 Å². The maximum atomic E-state index is 12.6. The standard InChI is InChI=1S/C25H28N4O4/c1-3-5-13-29-23-22(24(31)27-25(29)32)28(12-4-2)20(26-23)16-33-21(30)15-17-10-11-18-8-6-7-9-19(18)14-17/h6-11,14H,3-5,12-13,15-16H2,1-2H3,(H,27,31,32). The van der Waals surface area contributed by atoms with Gasteiger partial charge in [-0.15, -0.1) is 0 Å². The van der Waals surface area contributed by atoms with Crippen molar-refractivity contribution in [3.8, 4) is 0 Å². The van der Waals surface area contributed by atoms with Crippen LogP contribution in [0.2, 0.25) is 0 Å². The van der Waals surface area contributed by atoms with E-state index in [-0.39, 0.29) is 19.0 Å². The number of fused-ring (bicyclic) bond motifs is 2. The summed E-state index contributed by atoms with van der Waals surface area (Å²) >= 11 is 0. The van der Waals surface area contributed by atoms with E-state index in [1.165, 1.54) is 4.57 Å². The number of aromatic nitrogens is 4. The molecule has 0 atom stereocenters. The zero-order valence-corrected chi connectivity index (χ0v) is 19.0. The Labute approximate surface area is 190 Å². The minimum atomic E-state index is -0.475. The molecule has 2 aromatic heterocycles. The van der Waals surface area contributed by atoms with E-state index in [1.54, 1.807) is 4.57 Å². The Bertz CT molecular complexity index is 1410. The number of H-pyrrole nitrogens is 1. The third-order valence-corrected chi connectivity index (χ3v) is 5.67. The number of esters is 1. The predicted molar refractivity (Wildman–Crippen MR) is 127 cm³/mol. The van der Waals surface area contributed by atoms with Gasteiger partial charge in [0.1, 0.15) is 12.4 Å². The normalized spacial score (nSPS) is 11.3. The summed E-state index contributed by atoms with van der Waals surface area (Å²) in [4.78, 5) is 44.5. The minimum absolute atomic E-state index is 0.0670. The van der Waals surface area contributed by atoms with Crippen LogP contribution in [0.15, 0.2) is 52.1 Å². The zero-order chi connectivity index (χ0) is 23.4. The molecule has 0 saturated heterocycles. The van der Waals surface area contributed by atoms with Gasteiger partial charge in [-0.1, -0.05) is 62.7 Å². The first kappa shape index (κ1) is 22.5. The number of aromatic amines is 1. The molecule has 33 heavy (non-hydrogen) atoms. The molecule has 2 heterocycles. The van der Waals surface area contributed by atoms with Crippen molar-refractivity contribution in [1.29, 1.82) is 0 Å². The summed E-state index contributed by atoms with van der Waals surface area (Å²) in [5.41, 5.74) is 0.601. The molecule has 0 radical (unpaired) electrons. The van der Waals surface area contributed by atoms with Crippen LogP contribution in [0.25, 0.3) is 21.9 Å². The first-order valence-corrected chi connectivity index (χ1v) is 11.4. The number of imidazole rings is 1. The van der Waals surface area contributed by atoms with Crippen molar-refractivity contribution < 1.29 is 9.53 Å². The number of nitrogens with one attached hydrogen (secondary N) is 1. The van der Waals surface area contributed by atoms with E-state index in [1.807, 2.05) is 56.3 Å². The summed E-state index contributed by atoms with van der Waals surface area (Å²) in [6.45, 7) is 4.95. The summed E-state index contributed by atoms with van der Waals surface area (Å²) in [6.07, 6.45) is 2.59. The lowest BCUT2D eigenvalue weighted by atomic mass is 10.1. The molecule has 0 amide bonds. The number of benzene rings is 2. The van der Waals surface area contributed by atoms with Crippen LogP contribution in [-0.4, -0.2) is 25.1 Å². The van der Waals surface area contributed by atoms with E-state index in [0.29, 0.717) is 30.1 Å². The third kappa shape index (κ3) is 4.74. The molecule has 8 heteroatoms. The summed E-state index contributed by atoms with van der Waals surface area (Å²) in [5.74, 6) is 0.0812. The van der Waals surface area contributed by atoms with Crippen LogP contribution < -0.4 is 11.2 Å². The molecule has 2 aromatic carbocycles. The van der Waals surface area contributed by atoms with Gasteiger partial charge in [0.2, 0.25) is 0 Å². The Morgan fingerprint density at radius 1 is 1.00 bits per heavy atom. The molecule has 0 fully saturated rings. The molecule has 0 unspecified atom stereocenters. The van der Waals surface area contributed by atoms with Gasteiger partial charge in [0.25, 0.3) is 5.56 Å². The van der Waals surface area contributed by atoms with E-state index in [0.717, 1.165) is 35.6 Å². The van der Waals surface area contributed by atoms with E-state index in [4.69, 9.17) is 4.74 Å². The number of unbranched alkanes of at least 4 members (excludes halogenated alkanes) is 1. The van der Waals surface area contributed by atoms with Crippen LogP contribution in [0.4, 0.5) is 0 Å². The highest BCUT2D eigenvalue weighted by molar-refractivity contribution is 5.84. The van der Waals surface area contributed by atoms with Crippen LogP contribution in [0, 0.1) is 0 Å².